The molecule has 2 N–H and O–H groups in total. The van der Waals surface area contributed by atoms with Gasteiger partial charge in [-0.3, -0.25) is 0 Å². The number of rotatable bonds is 5. The Balaban J connectivity index is 2.29. The second kappa shape index (κ2) is 6.49. The van der Waals surface area contributed by atoms with Crippen LogP contribution in [-0.2, 0) is 6.54 Å². The SMILES string of the molecule is COc1cccc(CN(C)c2cc(Cl)nc(N)n2)c1OC. The molecule has 0 radical (unpaired) electrons. The van der Waals surface area contributed by atoms with Crippen molar-refractivity contribution in [2.75, 3.05) is 31.9 Å². The smallest absolute Gasteiger partial charge is 0.223 e. The number of anilines is 2. The largest absolute Gasteiger partial charge is 0.493 e. The Bertz CT molecular complexity index is 616. The average molecular weight is 309 g/mol. The van der Waals surface area contributed by atoms with E-state index in [-0.39, 0.29) is 5.95 Å². The van der Waals surface area contributed by atoms with Gasteiger partial charge < -0.3 is 20.1 Å². The zero-order chi connectivity index (χ0) is 15.4. The fraction of sp³-hybridized carbons (Fsp3) is 0.286. The van der Waals surface area contributed by atoms with Crippen molar-refractivity contribution in [3.05, 3.63) is 35.0 Å². The van der Waals surface area contributed by atoms with Gasteiger partial charge in [-0.05, 0) is 6.07 Å². The molecule has 0 unspecified atom stereocenters. The molecule has 112 valence electrons. The number of hydrogen-bond donors (Lipinski definition) is 1. The molecule has 21 heavy (non-hydrogen) atoms. The second-order valence-corrected chi connectivity index (χ2v) is 4.80. The summed E-state index contributed by atoms with van der Waals surface area (Å²) in [7, 11) is 5.11. The van der Waals surface area contributed by atoms with Crippen LogP contribution >= 0.6 is 11.6 Å². The number of nitrogens with zero attached hydrogens (tertiary/aromatic N) is 3. The van der Waals surface area contributed by atoms with Gasteiger partial charge in [0.1, 0.15) is 11.0 Å². The van der Waals surface area contributed by atoms with Crippen molar-refractivity contribution in [1.82, 2.24) is 9.97 Å². The van der Waals surface area contributed by atoms with Gasteiger partial charge in [-0.1, -0.05) is 23.7 Å². The maximum Gasteiger partial charge on any atom is 0.223 e. The van der Waals surface area contributed by atoms with Crippen molar-refractivity contribution in [2.45, 2.75) is 6.54 Å². The fourth-order valence-corrected chi connectivity index (χ4v) is 2.22. The Kier molecular flexibility index (Phi) is 4.70. The molecule has 2 rings (SSSR count). The van der Waals surface area contributed by atoms with E-state index in [2.05, 4.69) is 9.97 Å². The van der Waals surface area contributed by atoms with Crippen LogP contribution in [0.2, 0.25) is 5.15 Å². The van der Waals surface area contributed by atoms with Gasteiger partial charge in [-0.2, -0.15) is 4.98 Å². The van der Waals surface area contributed by atoms with Crippen LogP contribution in [0.25, 0.3) is 0 Å². The van der Waals surface area contributed by atoms with E-state index in [1.54, 1.807) is 20.3 Å². The number of methoxy groups -OCH3 is 2. The number of benzene rings is 1. The van der Waals surface area contributed by atoms with E-state index in [0.29, 0.717) is 29.0 Å². The zero-order valence-corrected chi connectivity index (χ0v) is 12.9. The van der Waals surface area contributed by atoms with E-state index in [9.17, 15) is 0 Å². The molecule has 0 saturated carbocycles. The van der Waals surface area contributed by atoms with Gasteiger partial charge in [0.2, 0.25) is 5.95 Å². The highest BCUT2D eigenvalue weighted by Crippen LogP contribution is 2.32. The molecule has 6 nitrogen and oxygen atoms in total. The number of nitrogen functional groups attached to an aromatic ring is 1. The molecule has 7 heteroatoms. The predicted octanol–water partition coefficient (Wildman–Crippen LogP) is 2.37. The van der Waals surface area contributed by atoms with Gasteiger partial charge in [0.25, 0.3) is 0 Å². The number of halogens is 1. The average Bonchev–Trinajstić information content (AvgIpc) is 2.45. The highest BCUT2D eigenvalue weighted by molar-refractivity contribution is 6.29. The summed E-state index contributed by atoms with van der Waals surface area (Å²) in [5.41, 5.74) is 6.58. The molecule has 1 aromatic carbocycles. The molecular formula is C14H17ClN4O2. The number of para-hydroxylation sites is 1. The molecule has 2 aromatic rings. The molecule has 0 saturated heterocycles. The molecule has 1 heterocycles. The molecule has 0 amide bonds. The lowest BCUT2D eigenvalue weighted by Crippen LogP contribution is -2.19. The van der Waals surface area contributed by atoms with Crippen molar-refractivity contribution >= 4 is 23.4 Å². The highest BCUT2D eigenvalue weighted by atomic mass is 35.5. The fourth-order valence-electron chi connectivity index (χ4n) is 2.03. The zero-order valence-electron chi connectivity index (χ0n) is 12.1. The highest BCUT2D eigenvalue weighted by Gasteiger charge is 2.13. The maximum absolute atomic E-state index is 5.90. The maximum atomic E-state index is 5.90. The third-order valence-corrected chi connectivity index (χ3v) is 3.18. The van der Waals surface area contributed by atoms with Crippen LogP contribution in [0.1, 0.15) is 5.56 Å². The summed E-state index contributed by atoms with van der Waals surface area (Å²) in [6, 6.07) is 7.38. The minimum Gasteiger partial charge on any atom is -0.493 e. The van der Waals surface area contributed by atoms with Gasteiger partial charge in [0.05, 0.1) is 14.2 Å². The number of aromatic nitrogens is 2. The summed E-state index contributed by atoms with van der Waals surface area (Å²) in [4.78, 5) is 9.91. The van der Waals surface area contributed by atoms with Crippen LogP contribution in [0, 0.1) is 0 Å². The summed E-state index contributed by atoms with van der Waals surface area (Å²) < 4.78 is 10.7. The van der Waals surface area contributed by atoms with Crippen molar-refractivity contribution in [3.8, 4) is 11.5 Å². The lowest BCUT2D eigenvalue weighted by Gasteiger charge is -2.20. The summed E-state index contributed by atoms with van der Waals surface area (Å²) >= 11 is 5.90. The van der Waals surface area contributed by atoms with Crippen molar-refractivity contribution in [2.24, 2.45) is 0 Å². The standard InChI is InChI=1S/C14H17ClN4O2/c1-19(12-7-11(15)17-14(16)18-12)8-9-5-4-6-10(20-2)13(9)21-3/h4-7H,8H2,1-3H3,(H2,16,17,18). The Morgan fingerprint density at radius 2 is 2.00 bits per heavy atom. The Hall–Kier alpha value is -2.21. The molecule has 0 bridgehead atoms. The van der Waals surface area contributed by atoms with Crippen LogP contribution < -0.4 is 20.1 Å². The van der Waals surface area contributed by atoms with Crippen molar-refractivity contribution in [1.29, 1.82) is 0 Å². The topological polar surface area (TPSA) is 73.5 Å². The third kappa shape index (κ3) is 3.46. The van der Waals surface area contributed by atoms with Crippen molar-refractivity contribution in [3.63, 3.8) is 0 Å². The normalized spacial score (nSPS) is 10.3. The van der Waals surface area contributed by atoms with Gasteiger partial charge in [0.15, 0.2) is 11.5 Å². The monoisotopic (exact) mass is 308 g/mol. The van der Waals surface area contributed by atoms with E-state index in [1.807, 2.05) is 30.1 Å². The summed E-state index contributed by atoms with van der Waals surface area (Å²) in [5, 5.41) is 0.307. The van der Waals surface area contributed by atoms with E-state index in [4.69, 9.17) is 26.8 Å². The van der Waals surface area contributed by atoms with Gasteiger partial charge in [-0.25, -0.2) is 4.98 Å². The first kappa shape index (κ1) is 15.2. The Morgan fingerprint density at radius 3 is 2.62 bits per heavy atom. The molecule has 0 atom stereocenters. The van der Waals surface area contributed by atoms with E-state index >= 15 is 0 Å². The molecule has 0 aliphatic rings. The lowest BCUT2D eigenvalue weighted by atomic mass is 10.1. The molecule has 0 spiro atoms. The number of hydrogen-bond acceptors (Lipinski definition) is 6. The van der Waals surface area contributed by atoms with Gasteiger partial charge >= 0.3 is 0 Å². The molecule has 0 fully saturated rings. The number of nitrogens with two attached hydrogens (primary N) is 1. The first-order chi connectivity index (χ1) is 10.0. The van der Waals surface area contributed by atoms with E-state index in [0.717, 1.165) is 5.56 Å². The van der Waals surface area contributed by atoms with Crippen LogP contribution in [-0.4, -0.2) is 31.2 Å². The summed E-state index contributed by atoms with van der Waals surface area (Å²) in [6.07, 6.45) is 0. The van der Waals surface area contributed by atoms with Crippen molar-refractivity contribution < 1.29 is 9.47 Å². The van der Waals surface area contributed by atoms with Crippen LogP contribution in [0.15, 0.2) is 24.3 Å². The van der Waals surface area contributed by atoms with Gasteiger partial charge in [0, 0.05) is 25.2 Å². The van der Waals surface area contributed by atoms with Crippen LogP contribution in [0.4, 0.5) is 11.8 Å². The molecule has 0 aliphatic heterocycles. The number of ether oxygens (including phenoxy) is 2. The quantitative estimate of drug-likeness (QED) is 0.855. The second-order valence-electron chi connectivity index (χ2n) is 4.42. The summed E-state index contributed by atoms with van der Waals surface area (Å²) in [6.45, 7) is 0.563. The molecule has 0 aliphatic carbocycles. The lowest BCUT2D eigenvalue weighted by molar-refractivity contribution is 0.351. The van der Waals surface area contributed by atoms with E-state index < -0.39 is 0 Å². The first-order valence-electron chi connectivity index (χ1n) is 6.26. The third-order valence-electron chi connectivity index (χ3n) is 2.98. The first-order valence-corrected chi connectivity index (χ1v) is 6.64. The Morgan fingerprint density at radius 1 is 1.24 bits per heavy atom. The Labute approximate surface area is 128 Å². The minimum absolute atomic E-state index is 0.141. The van der Waals surface area contributed by atoms with E-state index in [1.165, 1.54) is 0 Å². The molecule has 1 aromatic heterocycles. The summed E-state index contributed by atoms with van der Waals surface area (Å²) in [5.74, 6) is 2.16. The molecular weight excluding hydrogens is 292 g/mol. The minimum atomic E-state index is 0.141. The van der Waals surface area contributed by atoms with Crippen LogP contribution in [0.3, 0.4) is 0 Å². The predicted molar refractivity (Wildman–Crippen MR) is 83.1 cm³/mol. The van der Waals surface area contributed by atoms with Crippen LogP contribution in [0.5, 0.6) is 11.5 Å². The van der Waals surface area contributed by atoms with Gasteiger partial charge in [-0.15, -0.1) is 0 Å².